The van der Waals surface area contributed by atoms with Crippen LogP contribution in [0.5, 0.6) is 0 Å². The van der Waals surface area contributed by atoms with Gasteiger partial charge in [0, 0.05) is 32.6 Å². The largest absolute Gasteiger partial charge is 0.343 e. The van der Waals surface area contributed by atoms with Crippen molar-refractivity contribution in [1.82, 2.24) is 15.1 Å². The molecule has 0 unspecified atom stereocenters. The second-order valence-corrected chi connectivity index (χ2v) is 7.47. The van der Waals surface area contributed by atoms with Gasteiger partial charge in [-0.25, -0.2) is 4.79 Å². The van der Waals surface area contributed by atoms with E-state index in [0.29, 0.717) is 13.0 Å². The first-order valence-corrected chi connectivity index (χ1v) is 10.0. The maximum Gasteiger partial charge on any atom is 0.317 e. The Morgan fingerprint density at radius 3 is 3.00 bits per heavy atom. The van der Waals surface area contributed by atoms with E-state index in [0.717, 1.165) is 58.2 Å². The second kappa shape index (κ2) is 8.51. The van der Waals surface area contributed by atoms with E-state index in [9.17, 15) is 9.59 Å². The number of thiophene rings is 1. The topological polar surface area (TPSA) is 52.7 Å². The zero-order valence-corrected chi connectivity index (χ0v) is 15.0. The van der Waals surface area contributed by atoms with E-state index in [1.807, 2.05) is 9.80 Å². The summed E-state index contributed by atoms with van der Waals surface area (Å²) in [6.45, 7) is 3.10. The average molecular weight is 350 g/mol. The van der Waals surface area contributed by atoms with Gasteiger partial charge in [0.2, 0.25) is 5.91 Å². The Morgan fingerprint density at radius 2 is 2.17 bits per heavy atom. The molecule has 0 bridgehead atoms. The predicted molar refractivity (Wildman–Crippen MR) is 96.1 cm³/mol. The minimum atomic E-state index is 0.0332. The number of carbonyl (C=O) groups excluding carboxylic acids is 2. The molecule has 1 N–H and O–H groups in total. The minimum Gasteiger partial charge on any atom is -0.343 e. The van der Waals surface area contributed by atoms with E-state index in [4.69, 9.17) is 0 Å². The summed E-state index contributed by atoms with van der Waals surface area (Å²) in [6, 6.07) is 2.38. The number of amides is 3. The van der Waals surface area contributed by atoms with Crippen molar-refractivity contribution in [2.45, 2.75) is 51.0 Å². The number of rotatable bonds is 5. The van der Waals surface area contributed by atoms with E-state index in [1.54, 1.807) is 11.3 Å². The van der Waals surface area contributed by atoms with Gasteiger partial charge in [-0.3, -0.25) is 4.79 Å². The summed E-state index contributed by atoms with van der Waals surface area (Å²) in [7, 11) is 0. The molecule has 2 saturated heterocycles. The molecule has 0 radical (unpaired) electrons. The molecule has 5 nitrogen and oxygen atoms in total. The summed E-state index contributed by atoms with van der Waals surface area (Å²) in [6.07, 6.45) is 6.90. The summed E-state index contributed by atoms with van der Waals surface area (Å²) in [4.78, 5) is 28.3. The van der Waals surface area contributed by atoms with Gasteiger partial charge in [-0.2, -0.15) is 11.3 Å². The maximum atomic E-state index is 12.5. The number of carbonyl (C=O) groups is 2. The number of hydrogen-bond donors (Lipinski definition) is 1. The lowest BCUT2D eigenvalue weighted by molar-refractivity contribution is -0.130. The molecule has 3 amide bonds. The fourth-order valence-electron chi connectivity index (χ4n) is 3.66. The highest BCUT2D eigenvalue weighted by molar-refractivity contribution is 7.07. The van der Waals surface area contributed by atoms with E-state index in [1.165, 1.54) is 5.56 Å². The third-order valence-electron chi connectivity index (χ3n) is 4.99. The standard InChI is InChI=1S/C18H27N3O2S/c22-17-7-2-1-3-10-20(17)11-5-9-19-18(23)21-12-4-6-16(21)15-8-13-24-14-15/h8,13-14,16H,1-7,9-12H2,(H,19,23)/t16-/m0/s1. The zero-order chi connectivity index (χ0) is 16.8. The fourth-order valence-corrected chi connectivity index (χ4v) is 4.37. The highest BCUT2D eigenvalue weighted by Gasteiger charge is 2.29. The molecule has 2 fully saturated rings. The van der Waals surface area contributed by atoms with Crippen molar-refractivity contribution < 1.29 is 9.59 Å². The van der Waals surface area contributed by atoms with Crippen LogP contribution < -0.4 is 5.32 Å². The highest BCUT2D eigenvalue weighted by Crippen LogP contribution is 2.32. The number of nitrogens with zero attached hydrogens (tertiary/aromatic N) is 2. The highest BCUT2D eigenvalue weighted by atomic mass is 32.1. The Hall–Kier alpha value is -1.56. The van der Waals surface area contributed by atoms with Crippen LogP contribution in [0.3, 0.4) is 0 Å². The van der Waals surface area contributed by atoms with Gasteiger partial charge in [0.05, 0.1) is 6.04 Å². The van der Waals surface area contributed by atoms with Gasteiger partial charge in [-0.05, 0) is 54.5 Å². The van der Waals surface area contributed by atoms with Crippen LogP contribution in [0.1, 0.15) is 56.6 Å². The van der Waals surface area contributed by atoms with E-state index < -0.39 is 0 Å². The Bertz CT molecular complexity index is 546. The van der Waals surface area contributed by atoms with Crippen molar-refractivity contribution in [1.29, 1.82) is 0 Å². The molecule has 0 aliphatic carbocycles. The number of likely N-dealkylation sites (tertiary alicyclic amines) is 2. The smallest absolute Gasteiger partial charge is 0.317 e. The van der Waals surface area contributed by atoms with Gasteiger partial charge in [0.25, 0.3) is 0 Å². The van der Waals surface area contributed by atoms with Crippen molar-refractivity contribution in [2.24, 2.45) is 0 Å². The lowest BCUT2D eigenvalue weighted by atomic mass is 10.1. The minimum absolute atomic E-state index is 0.0332. The van der Waals surface area contributed by atoms with Gasteiger partial charge >= 0.3 is 6.03 Å². The molecule has 3 rings (SSSR count). The monoisotopic (exact) mass is 349 g/mol. The molecule has 132 valence electrons. The van der Waals surface area contributed by atoms with Crippen LogP contribution in [0, 0.1) is 0 Å². The van der Waals surface area contributed by atoms with E-state index in [-0.39, 0.29) is 18.0 Å². The van der Waals surface area contributed by atoms with Crippen LogP contribution >= 0.6 is 11.3 Å². The number of hydrogen-bond acceptors (Lipinski definition) is 3. The van der Waals surface area contributed by atoms with Crippen LogP contribution in [0.15, 0.2) is 16.8 Å². The van der Waals surface area contributed by atoms with Gasteiger partial charge in [-0.1, -0.05) is 6.42 Å². The Kier molecular flexibility index (Phi) is 6.12. The molecular formula is C18H27N3O2S. The molecular weight excluding hydrogens is 322 g/mol. The van der Waals surface area contributed by atoms with Gasteiger partial charge in [0.1, 0.15) is 0 Å². The van der Waals surface area contributed by atoms with Crippen LogP contribution in [0.2, 0.25) is 0 Å². The zero-order valence-electron chi connectivity index (χ0n) is 14.2. The maximum absolute atomic E-state index is 12.5. The quantitative estimate of drug-likeness (QED) is 0.829. The number of urea groups is 1. The average Bonchev–Trinajstić information content (AvgIpc) is 3.22. The van der Waals surface area contributed by atoms with E-state index >= 15 is 0 Å². The first kappa shape index (κ1) is 17.3. The summed E-state index contributed by atoms with van der Waals surface area (Å²) in [5, 5.41) is 7.25. The molecule has 0 saturated carbocycles. The molecule has 1 aromatic rings. The normalized spacial score (nSPS) is 21.8. The molecule has 24 heavy (non-hydrogen) atoms. The van der Waals surface area contributed by atoms with Crippen molar-refractivity contribution in [3.8, 4) is 0 Å². The lowest BCUT2D eigenvalue weighted by Crippen LogP contribution is -2.41. The van der Waals surface area contributed by atoms with Crippen LogP contribution in [-0.4, -0.2) is 47.9 Å². The predicted octanol–water partition coefficient (Wildman–Crippen LogP) is 3.39. The van der Waals surface area contributed by atoms with Gasteiger partial charge < -0.3 is 15.1 Å². The van der Waals surface area contributed by atoms with Crippen LogP contribution in [-0.2, 0) is 4.79 Å². The van der Waals surface area contributed by atoms with Crippen molar-refractivity contribution in [2.75, 3.05) is 26.2 Å². The third kappa shape index (κ3) is 4.29. The summed E-state index contributed by atoms with van der Waals surface area (Å²) >= 11 is 1.68. The number of nitrogens with one attached hydrogen (secondary N) is 1. The van der Waals surface area contributed by atoms with Crippen molar-refractivity contribution in [3.05, 3.63) is 22.4 Å². The SMILES string of the molecule is O=C1CCCCCN1CCCNC(=O)N1CCC[C@H]1c1ccsc1. The van der Waals surface area contributed by atoms with E-state index in [2.05, 4.69) is 22.1 Å². The first-order chi connectivity index (χ1) is 11.8. The lowest BCUT2D eigenvalue weighted by Gasteiger charge is -2.25. The molecule has 1 atom stereocenters. The summed E-state index contributed by atoms with van der Waals surface area (Å²) in [5.41, 5.74) is 1.25. The fraction of sp³-hybridized carbons (Fsp3) is 0.667. The Labute approximate surface area is 148 Å². The molecule has 1 aromatic heterocycles. The third-order valence-corrected chi connectivity index (χ3v) is 5.70. The summed E-state index contributed by atoms with van der Waals surface area (Å²) < 4.78 is 0. The van der Waals surface area contributed by atoms with Crippen molar-refractivity contribution in [3.63, 3.8) is 0 Å². The van der Waals surface area contributed by atoms with Crippen LogP contribution in [0.4, 0.5) is 4.79 Å². The molecule has 3 heterocycles. The Morgan fingerprint density at radius 1 is 1.25 bits per heavy atom. The molecule has 2 aliphatic rings. The van der Waals surface area contributed by atoms with Crippen molar-refractivity contribution >= 4 is 23.3 Å². The molecule has 0 spiro atoms. The van der Waals surface area contributed by atoms with Gasteiger partial charge in [0.15, 0.2) is 0 Å². The first-order valence-electron chi connectivity index (χ1n) is 9.10. The Balaban J connectivity index is 1.41. The van der Waals surface area contributed by atoms with Gasteiger partial charge in [-0.15, -0.1) is 0 Å². The molecule has 2 aliphatic heterocycles. The molecule has 6 heteroatoms. The summed E-state index contributed by atoms with van der Waals surface area (Å²) in [5.74, 6) is 0.274. The second-order valence-electron chi connectivity index (χ2n) is 6.69. The molecule has 0 aromatic carbocycles. The van der Waals surface area contributed by atoms with Crippen LogP contribution in [0.25, 0.3) is 0 Å².